The molecule has 0 radical (unpaired) electrons. The smallest absolute Gasteiger partial charge is 0.246 e. The molecule has 0 saturated carbocycles. The predicted molar refractivity (Wildman–Crippen MR) is 120 cm³/mol. The third-order valence-electron chi connectivity index (χ3n) is 5.52. The van der Waals surface area contributed by atoms with E-state index in [-0.39, 0.29) is 10.8 Å². The van der Waals surface area contributed by atoms with Crippen molar-refractivity contribution >= 4 is 21.7 Å². The van der Waals surface area contributed by atoms with E-state index >= 15 is 0 Å². The van der Waals surface area contributed by atoms with Crippen LogP contribution >= 0.6 is 0 Å². The number of hydrogen-bond acceptors (Lipinski definition) is 6. The van der Waals surface area contributed by atoms with Crippen molar-refractivity contribution in [2.75, 3.05) is 25.5 Å². The molecule has 0 amide bonds. The Bertz CT molecular complexity index is 1170. The van der Waals surface area contributed by atoms with Gasteiger partial charge in [-0.1, -0.05) is 24.3 Å². The number of aryl methyl sites for hydroxylation is 1. The van der Waals surface area contributed by atoms with Crippen LogP contribution < -0.4 is 10.1 Å². The average molecular weight is 439 g/mol. The van der Waals surface area contributed by atoms with Gasteiger partial charge in [-0.15, -0.1) is 0 Å². The van der Waals surface area contributed by atoms with Crippen LogP contribution in [0.2, 0.25) is 0 Å². The quantitative estimate of drug-likeness (QED) is 0.624. The highest BCUT2D eigenvalue weighted by Crippen LogP contribution is 2.33. The van der Waals surface area contributed by atoms with Gasteiger partial charge in [0.1, 0.15) is 22.3 Å². The second kappa shape index (κ2) is 9.03. The lowest BCUT2D eigenvalue weighted by Gasteiger charge is -2.32. The maximum atomic E-state index is 13.3. The Kier molecular flexibility index (Phi) is 6.20. The number of aromatic nitrogens is 2. The topological polar surface area (TPSA) is 84.4 Å². The first kappa shape index (κ1) is 21.3. The van der Waals surface area contributed by atoms with Crippen LogP contribution in [-0.2, 0) is 10.0 Å². The zero-order valence-corrected chi connectivity index (χ0v) is 18.5. The van der Waals surface area contributed by atoms with Gasteiger partial charge in [-0.3, -0.25) is 0 Å². The molecule has 162 valence electrons. The fraction of sp³-hybridized carbons (Fsp3) is 0.304. The van der Waals surface area contributed by atoms with Crippen LogP contribution in [0.1, 0.15) is 30.0 Å². The highest BCUT2D eigenvalue weighted by molar-refractivity contribution is 7.89. The van der Waals surface area contributed by atoms with E-state index in [0.717, 1.165) is 29.9 Å². The summed E-state index contributed by atoms with van der Waals surface area (Å²) in [6.07, 6.45) is 3.40. The molecule has 2 aromatic heterocycles. The van der Waals surface area contributed by atoms with Crippen molar-refractivity contribution in [3.05, 3.63) is 72.1 Å². The number of rotatable bonds is 6. The second-order valence-corrected chi connectivity index (χ2v) is 9.50. The van der Waals surface area contributed by atoms with Crippen LogP contribution in [0, 0.1) is 6.92 Å². The highest BCUT2D eigenvalue weighted by Gasteiger charge is 2.33. The summed E-state index contributed by atoms with van der Waals surface area (Å²) in [4.78, 5) is 9.32. The number of nitrogens with zero attached hydrogens (tertiary/aromatic N) is 3. The van der Waals surface area contributed by atoms with Crippen LogP contribution in [0.15, 0.2) is 65.7 Å². The minimum absolute atomic E-state index is 0.0183. The van der Waals surface area contributed by atoms with Crippen molar-refractivity contribution in [3.8, 4) is 5.75 Å². The van der Waals surface area contributed by atoms with Crippen LogP contribution in [-0.4, -0.2) is 42.9 Å². The number of methoxy groups -OCH3 is 1. The Balaban J connectivity index is 1.56. The normalized spacial score (nSPS) is 17.3. The van der Waals surface area contributed by atoms with E-state index in [2.05, 4.69) is 10.3 Å². The summed E-state index contributed by atoms with van der Waals surface area (Å²) < 4.78 is 33.4. The molecule has 0 unspecified atom stereocenters. The molecule has 0 bridgehead atoms. The van der Waals surface area contributed by atoms with Gasteiger partial charge in [0.25, 0.3) is 0 Å². The fourth-order valence-electron chi connectivity index (χ4n) is 3.86. The standard InChI is InChI=1S/C23H26N4O3S/c1-17-8-6-14-24-23(17)26-22-13-5-10-19(25-22)18-9-7-15-27(16-18)31(28,29)21-12-4-3-11-20(21)30-2/h3-6,8,10-14,18H,7,9,15-16H2,1-2H3,(H,24,25,26)/t18-/m0/s1. The van der Waals surface area contributed by atoms with Crippen molar-refractivity contribution in [1.82, 2.24) is 14.3 Å². The van der Waals surface area contributed by atoms with Crippen LogP contribution in [0.5, 0.6) is 5.75 Å². The minimum atomic E-state index is -3.66. The summed E-state index contributed by atoms with van der Waals surface area (Å²) in [5, 5.41) is 3.26. The highest BCUT2D eigenvalue weighted by atomic mass is 32.2. The Morgan fingerprint density at radius 1 is 1.10 bits per heavy atom. The molecule has 8 heteroatoms. The van der Waals surface area contributed by atoms with Gasteiger partial charge in [-0.25, -0.2) is 18.4 Å². The lowest BCUT2D eigenvalue weighted by Crippen LogP contribution is -2.39. The first-order valence-electron chi connectivity index (χ1n) is 10.3. The number of benzene rings is 1. The van der Waals surface area contributed by atoms with Gasteiger partial charge in [0.15, 0.2) is 0 Å². The van der Waals surface area contributed by atoms with Gasteiger partial charge in [-0.2, -0.15) is 4.31 Å². The van der Waals surface area contributed by atoms with Gasteiger partial charge in [0, 0.05) is 30.9 Å². The van der Waals surface area contributed by atoms with Crippen molar-refractivity contribution in [3.63, 3.8) is 0 Å². The lowest BCUT2D eigenvalue weighted by molar-refractivity contribution is 0.311. The lowest BCUT2D eigenvalue weighted by atomic mass is 9.95. The molecule has 0 aliphatic carbocycles. The average Bonchev–Trinajstić information content (AvgIpc) is 2.81. The summed E-state index contributed by atoms with van der Waals surface area (Å²) in [6.45, 7) is 2.86. The number of pyridine rings is 2. The van der Waals surface area contributed by atoms with E-state index in [9.17, 15) is 8.42 Å². The van der Waals surface area contributed by atoms with E-state index in [4.69, 9.17) is 9.72 Å². The zero-order valence-electron chi connectivity index (χ0n) is 17.7. The van der Waals surface area contributed by atoms with Crippen LogP contribution in [0.25, 0.3) is 0 Å². The molecule has 3 aromatic rings. The number of anilines is 2. The SMILES string of the molecule is COc1ccccc1S(=O)(=O)N1CCC[C@H](c2cccc(Nc3ncccc3C)n2)C1. The number of para-hydroxylation sites is 1. The molecule has 1 fully saturated rings. The molecule has 0 spiro atoms. The summed E-state index contributed by atoms with van der Waals surface area (Å²) in [5.41, 5.74) is 1.90. The monoisotopic (exact) mass is 438 g/mol. The molecule has 1 N–H and O–H groups in total. The zero-order chi connectivity index (χ0) is 21.8. The first-order valence-corrected chi connectivity index (χ1v) is 11.7. The fourth-order valence-corrected chi connectivity index (χ4v) is 5.54. The second-order valence-electron chi connectivity index (χ2n) is 7.59. The number of ether oxygens (including phenoxy) is 1. The molecule has 7 nitrogen and oxygen atoms in total. The Labute approximate surface area is 183 Å². The molecular weight excluding hydrogens is 412 g/mol. The molecule has 1 saturated heterocycles. The van der Waals surface area contributed by atoms with Gasteiger partial charge in [0.05, 0.1) is 7.11 Å². The molecule has 1 aliphatic heterocycles. The van der Waals surface area contributed by atoms with E-state index in [0.29, 0.717) is 24.7 Å². The third-order valence-corrected chi connectivity index (χ3v) is 7.42. The van der Waals surface area contributed by atoms with E-state index < -0.39 is 10.0 Å². The maximum absolute atomic E-state index is 13.3. The number of sulfonamides is 1. The van der Waals surface area contributed by atoms with E-state index in [1.54, 1.807) is 34.8 Å². The molecule has 1 atom stereocenters. The number of nitrogens with one attached hydrogen (secondary N) is 1. The molecule has 1 aromatic carbocycles. The Morgan fingerprint density at radius 3 is 2.74 bits per heavy atom. The summed E-state index contributed by atoms with van der Waals surface area (Å²) in [5.74, 6) is 1.84. The van der Waals surface area contributed by atoms with Crippen LogP contribution in [0.3, 0.4) is 0 Å². The van der Waals surface area contributed by atoms with Gasteiger partial charge < -0.3 is 10.1 Å². The largest absolute Gasteiger partial charge is 0.495 e. The van der Waals surface area contributed by atoms with Gasteiger partial charge in [0.2, 0.25) is 10.0 Å². The van der Waals surface area contributed by atoms with Crippen LogP contribution in [0.4, 0.5) is 11.6 Å². The molecule has 3 heterocycles. The third kappa shape index (κ3) is 4.55. The summed E-state index contributed by atoms with van der Waals surface area (Å²) in [7, 11) is -2.17. The minimum Gasteiger partial charge on any atom is -0.495 e. The van der Waals surface area contributed by atoms with E-state index in [1.807, 2.05) is 37.3 Å². The molecule has 4 rings (SSSR count). The molecule has 1 aliphatic rings. The Morgan fingerprint density at radius 2 is 1.94 bits per heavy atom. The van der Waals surface area contributed by atoms with Crippen molar-refractivity contribution < 1.29 is 13.2 Å². The summed E-state index contributed by atoms with van der Waals surface area (Å²) in [6, 6.07) is 16.4. The van der Waals surface area contributed by atoms with Crippen molar-refractivity contribution in [2.24, 2.45) is 0 Å². The maximum Gasteiger partial charge on any atom is 0.246 e. The van der Waals surface area contributed by atoms with Gasteiger partial charge in [-0.05, 0) is 55.7 Å². The molecule has 31 heavy (non-hydrogen) atoms. The predicted octanol–water partition coefficient (Wildman–Crippen LogP) is 4.11. The van der Waals surface area contributed by atoms with Crippen molar-refractivity contribution in [1.29, 1.82) is 0 Å². The first-order chi connectivity index (χ1) is 15.0. The number of piperidine rings is 1. The van der Waals surface area contributed by atoms with Gasteiger partial charge >= 0.3 is 0 Å². The summed E-state index contributed by atoms with van der Waals surface area (Å²) >= 11 is 0. The van der Waals surface area contributed by atoms with Crippen molar-refractivity contribution in [2.45, 2.75) is 30.6 Å². The van der Waals surface area contributed by atoms with E-state index in [1.165, 1.54) is 7.11 Å². The molecular formula is C23H26N4O3S. The number of hydrogen-bond donors (Lipinski definition) is 1. The Hall–Kier alpha value is -2.97.